The normalized spacial score (nSPS) is 15.2. The van der Waals surface area contributed by atoms with Crippen LogP contribution in [-0.4, -0.2) is 30.8 Å². The van der Waals surface area contributed by atoms with Crippen LogP contribution in [0.1, 0.15) is 13.3 Å². The lowest BCUT2D eigenvalue weighted by Crippen LogP contribution is -2.30. The van der Waals surface area contributed by atoms with Gasteiger partial charge in [0.05, 0.1) is 12.3 Å². The molecule has 0 spiro atoms. The van der Waals surface area contributed by atoms with E-state index in [-0.39, 0.29) is 0 Å². The summed E-state index contributed by atoms with van der Waals surface area (Å²) < 4.78 is 5.59. The van der Waals surface area contributed by atoms with Crippen LogP contribution in [0.5, 0.6) is 5.75 Å². The third-order valence-corrected chi connectivity index (χ3v) is 2.99. The summed E-state index contributed by atoms with van der Waals surface area (Å²) in [7, 11) is 0. The Bertz CT molecular complexity index is 468. The van der Waals surface area contributed by atoms with Crippen molar-refractivity contribution in [1.29, 1.82) is 0 Å². The molecule has 0 saturated heterocycles. The van der Waals surface area contributed by atoms with E-state index >= 15 is 0 Å². The number of ether oxygens (including phenoxy) is 1. The summed E-state index contributed by atoms with van der Waals surface area (Å²) in [5, 5.41) is 8.92. The molecule has 1 N–H and O–H groups in total. The molecular formula is C14H17NO3. The van der Waals surface area contributed by atoms with Crippen molar-refractivity contribution in [2.75, 3.05) is 24.6 Å². The SMILES string of the molecule is CCOc1ccccc1N1CC=C(C(=O)O)CC1. The molecule has 0 bridgehead atoms. The van der Waals surface area contributed by atoms with Crippen LogP contribution in [0, 0.1) is 0 Å². The van der Waals surface area contributed by atoms with Crippen LogP contribution < -0.4 is 9.64 Å². The minimum absolute atomic E-state index is 0.500. The third kappa shape index (κ3) is 2.64. The van der Waals surface area contributed by atoms with E-state index in [9.17, 15) is 4.79 Å². The molecule has 1 aliphatic heterocycles. The highest BCUT2D eigenvalue weighted by Gasteiger charge is 2.18. The van der Waals surface area contributed by atoms with Crippen molar-refractivity contribution in [2.45, 2.75) is 13.3 Å². The van der Waals surface area contributed by atoms with Crippen LogP contribution in [-0.2, 0) is 4.79 Å². The lowest BCUT2D eigenvalue weighted by atomic mass is 10.1. The number of rotatable bonds is 4. The largest absolute Gasteiger partial charge is 0.492 e. The van der Waals surface area contributed by atoms with Gasteiger partial charge in [-0.25, -0.2) is 4.79 Å². The van der Waals surface area contributed by atoms with E-state index in [2.05, 4.69) is 4.90 Å². The molecule has 18 heavy (non-hydrogen) atoms. The van der Waals surface area contributed by atoms with Gasteiger partial charge in [0.1, 0.15) is 5.75 Å². The second kappa shape index (κ2) is 5.58. The minimum atomic E-state index is -0.812. The molecule has 1 aliphatic rings. The van der Waals surface area contributed by atoms with Crippen molar-refractivity contribution in [3.63, 3.8) is 0 Å². The first-order chi connectivity index (χ1) is 8.72. The molecule has 0 radical (unpaired) electrons. The Hall–Kier alpha value is -1.97. The first-order valence-corrected chi connectivity index (χ1v) is 6.11. The highest BCUT2D eigenvalue weighted by Crippen LogP contribution is 2.29. The van der Waals surface area contributed by atoms with Gasteiger partial charge in [-0.1, -0.05) is 18.2 Å². The van der Waals surface area contributed by atoms with Gasteiger partial charge in [0.15, 0.2) is 0 Å². The molecule has 0 fully saturated rings. The third-order valence-electron chi connectivity index (χ3n) is 2.99. The molecule has 0 aromatic heterocycles. The Kier molecular flexibility index (Phi) is 3.87. The number of carbonyl (C=O) groups is 1. The topological polar surface area (TPSA) is 49.8 Å². The number of anilines is 1. The van der Waals surface area contributed by atoms with Crippen LogP contribution in [0.4, 0.5) is 5.69 Å². The number of para-hydroxylation sites is 2. The first kappa shape index (κ1) is 12.5. The smallest absolute Gasteiger partial charge is 0.331 e. The second-order valence-corrected chi connectivity index (χ2v) is 4.13. The lowest BCUT2D eigenvalue weighted by molar-refractivity contribution is -0.132. The molecule has 0 atom stereocenters. The summed E-state index contributed by atoms with van der Waals surface area (Å²) in [4.78, 5) is 13.0. The van der Waals surface area contributed by atoms with Crippen molar-refractivity contribution in [2.24, 2.45) is 0 Å². The second-order valence-electron chi connectivity index (χ2n) is 4.13. The molecule has 4 nitrogen and oxygen atoms in total. The summed E-state index contributed by atoms with van der Waals surface area (Å²) in [5.41, 5.74) is 1.53. The van der Waals surface area contributed by atoms with Gasteiger partial charge < -0.3 is 14.7 Å². The molecule has 2 rings (SSSR count). The number of nitrogens with zero attached hydrogens (tertiary/aromatic N) is 1. The molecule has 96 valence electrons. The quantitative estimate of drug-likeness (QED) is 0.887. The van der Waals surface area contributed by atoms with E-state index in [4.69, 9.17) is 9.84 Å². The molecule has 1 aromatic carbocycles. The fourth-order valence-corrected chi connectivity index (χ4v) is 2.08. The number of hydrogen-bond acceptors (Lipinski definition) is 3. The highest BCUT2D eigenvalue weighted by atomic mass is 16.5. The summed E-state index contributed by atoms with van der Waals surface area (Å²) in [6.07, 6.45) is 2.34. The molecule has 0 saturated carbocycles. The fourth-order valence-electron chi connectivity index (χ4n) is 2.08. The number of aliphatic carboxylic acids is 1. The van der Waals surface area contributed by atoms with Gasteiger partial charge in [0, 0.05) is 18.7 Å². The Balaban J connectivity index is 2.16. The van der Waals surface area contributed by atoms with Gasteiger partial charge in [-0.3, -0.25) is 0 Å². The molecule has 0 amide bonds. The van der Waals surface area contributed by atoms with E-state index in [1.54, 1.807) is 6.08 Å². The fraction of sp³-hybridized carbons (Fsp3) is 0.357. The van der Waals surface area contributed by atoms with Crippen LogP contribution in [0.3, 0.4) is 0 Å². The van der Waals surface area contributed by atoms with Gasteiger partial charge in [-0.2, -0.15) is 0 Å². The van der Waals surface area contributed by atoms with E-state index in [1.165, 1.54) is 0 Å². The molecule has 0 aliphatic carbocycles. The molecule has 0 unspecified atom stereocenters. The summed E-state index contributed by atoms with van der Waals surface area (Å²) in [5.74, 6) is 0.0416. The zero-order valence-electron chi connectivity index (χ0n) is 10.4. The zero-order chi connectivity index (χ0) is 13.0. The number of hydrogen-bond donors (Lipinski definition) is 1. The van der Waals surface area contributed by atoms with Gasteiger partial charge in [-0.15, -0.1) is 0 Å². The zero-order valence-corrected chi connectivity index (χ0v) is 10.4. The molecule has 1 aromatic rings. The summed E-state index contributed by atoms with van der Waals surface area (Å²) >= 11 is 0. The van der Waals surface area contributed by atoms with Crippen molar-refractivity contribution >= 4 is 11.7 Å². The van der Waals surface area contributed by atoms with E-state index < -0.39 is 5.97 Å². The highest BCUT2D eigenvalue weighted by molar-refractivity contribution is 5.87. The van der Waals surface area contributed by atoms with Crippen LogP contribution in [0.2, 0.25) is 0 Å². The van der Waals surface area contributed by atoms with Crippen LogP contribution in [0.15, 0.2) is 35.9 Å². The van der Waals surface area contributed by atoms with Crippen molar-refractivity contribution in [3.05, 3.63) is 35.9 Å². The Morgan fingerprint density at radius 1 is 1.44 bits per heavy atom. The molecular weight excluding hydrogens is 230 g/mol. The Labute approximate surface area is 106 Å². The Morgan fingerprint density at radius 2 is 2.22 bits per heavy atom. The summed E-state index contributed by atoms with van der Waals surface area (Å²) in [6.45, 7) is 3.91. The Morgan fingerprint density at radius 3 is 2.83 bits per heavy atom. The maximum absolute atomic E-state index is 10.9. The number of carboxylic acids is 1. The lowest BCUT2D eigenvalue weighted by Gasteiger charge is -2.28. The number of carboxylic acid groups (broad SMARTS) is 1. The molecule has 1 heterocycles. The van der Waals surface area contributed by atoms with E-state index in [0.29, 0.717) is 31.7 Å². The van der Waals surface area contributed by atoms with Gasteiger partial charge >= 0.3 is 5.97 Å². The first-order valence-electron chi connectivity index (χ1n) is 6.11. The monoisotopic (exact) mass is 247 g/mol. The van der Waals surface area contributed by atoms with Crippen molar-refractivity contribution in [3.8, 4) is 5.75 Å². The van der Waals surface area contributed by atoms with E-state index in [1.807, 2.05) is 31.2 Å². The van der Waals surface area contributed by atoms with Crippen molar-refractivity contribution < 1.29 is 14.6 Å². The predicted octanol–water partition coefficient (Wildman–Crippen LogP) is 2.31. The minimum Gasteiger partial charge on any atom is -0.492 e. The average Bonchev–Trinajstić information content (AvgIpc) is 2.40. The maximum Gasteiger partial charge on any atom is 0.331 e. The standard InChI is InChI=1S/C14H17NO3/c1-2-18-13-6-4-3-5-12(13)15-9-7-11(8-10-15)14(16)17/h3-7H,2,8-10H2,1H3,(H,16,17). The number of benzene rings is 1. The van der Waals surface area contributed by atoms with Crippen LogP contribution >= 0.6 is 0 Å². The predicted molar refractivity (Wildman–Crippen MR) is 70.2 cm³/mol. The van der Waals surface area contributed by atoms with Gasteiger partial charge in [-0.05, 0) is 25.5 Å². The van der Waals surface area contributed by atoms with Crippen LogP contribution in [0.25, 0.3) is 0 Å². The van der Waals surface area contributed by atoms with E-state index in [0.717, 1.165) is 11.4 Å². The molecule has 4 heteroatoms. The van der Waals surface area contributed by atoms with Gasteiger partial charge in [0.25, 0.3) is 0 Å². The average molecular weight is 247 g/mol. The summed E-state index contributed by atoms with van der Waals surface area (Å²) in [6, 6.07) is 7.85. The van der Waals surface area contributed by atoms with Gasteiger partial charge in [0.2, 0.25) is 0 Å². The van der Waals surface area contributed by atoms with Crippen molar-refractivity contribution in [1.82, 2.24) is 0 Å². The maximum atomic E-state index is 10.9.